The predicted molar refractivity (Wildman–Crippen MR) is 97.6 cm³/mol. The van der Waals surface area contributed by atoms with Gasteiger partial charge in [-0.25, -0.2) is 0 Å². The maximum absolute atomic E-state index is 10.4. The highest BCUT2D eigenvalue weighted by Gasteiger charge is 1.99. The molecule has 0 aromatic heterocycles. The molecule has 0 aromatic rings. The van der Waals surface area contributed by atoms with E-state index >= 15 is 0 Å². The number of carboxylic acids is 1. The van der Waals surface area contributed by atoms with Crippen molar-refractivity contribution < 1.29 is 15.0 Å². The van der Waals surface area contributed by atoms with E-state index < -0.39 is 5.97 Å². The number of allylic oxidation sites excluding steroid dienone is 3. The van der Waals surface area contributed by atoms with E-state index in [1.54, 1.807) is 0 Å². The first-order chi connectivity index (χ1) is 11.2. The van der Waals surface area contributed by atoms with Gasteiger partial charge in [0.2, 0.25) is 0 Å². The summed E-state index contributed by atoms with van der Waals surface area (Å²) in [5.74, 6) is -0.692. The van der Waals surface area contributed by atoms with Crippen LogP contribution in [0.1, 0.15) is 90.4 Å². The second kappa shape index (κ2) is 17.3. The van der Waals surface area contributed by atoms with E-state index in [4.69, 9.17) is 5.11 Å². The van der Waals surface area contributed by atoms with Crippen LogP contribution in [0, 0.1) is 0 Å². The van der Waals surface area contributed by atoms with Crippen LogP contribution in [0.3, 0.4) is 0 Å². The van der Waals surface area contributed by atoms with Crippen molar-refractivity contribution >= 4 is 5.97 Å². The van der Waals surface area contributed by atoms with Gasteiger partial charge in [-0.1, -0.05) is 82.6 Å². The van der Waals surface area contributed by atoms with Crippen LogP contribution < -0.4 is 0 Å². The quantitative estimate of drug-likeness (QED) is 0.285. The van der Waals surface area contributed by atoms with E-state index in [2.05, 4.69) is 13.0 Å². The van der Waals surface area contributed by atoms with Crippen LogP contribution in [-0.2, 0) is 4.79 Å². The molecule has 0 bridgehead atoms. The lowest BCUT2D eigenvalue weighted by Crippen LogP contribution is -2.01. The maximum atomic E-state index is 10.4. The molecule has 0 saturated heterocycles. The second-order valence-electron chi connectivity index (χ2n) is 6.28. The Balaban J connectivity index is 3.35. The molecular formula is C20H36O3. The highest BCUT2D eigenvalue weighted by molar-refractivity contribution is 5.66. The van der Waals surface area contributed by atoms with Gasteiger partial charge >= 0.3 is 5.97 Å². The Bertz CT molecular complexity index is 321. The lowest BCUT2D eigenvalue weighted by Gasteiger charge is -2.05. The molecule has 0 aliphatic heterocycles. The van der Waals surface area contributed by atoms with Crippen molar-refractivity contribution in [3.8, 4) is 0 Å². The van der Waals surface area contributed by atoms with Gasteiger partial charge < -0.3 is 10.2 Å². The zero-order valence-electron chi connectivity index (χ0n) is 14.9. The largest absolute Gasteiger partial charge is 0.481 e. The fourth-order valence-electron chi connectivity index (χ4n) is 2.49. The summed E-state index contributed by atoms with van der Waals surface area (Å²) in [5.41, 5.74) is 0. The SMILES string of the molecule is CCCCC/C=C\C=C\[C@@H](O)CCCCCCCCCC(=O)O. The molecule has 0 rings (SSSR count). The minimum atomic E-state index is -0.692. The van der Waals surface area contributed by atoms with Crippen LogP contribution in [0.2, 0.25) is 0 Å². The molecule has 0 fully saturated rings. The average molecular weight is 325 g/mol. The monoisotopic (exact) mass is 324 g/mol. The molecule has 0 aliphatic carbocycles. The van der Waals surface area contributed by atoms with E-state index in [9.17, 15) is 9.90 Å². The summed E-state index contributed by atoms with van der Waals surface area (Å²) in [6, 6.07) is 0. The van der Waals surface area contributed by atoms with Crippen molar-refractivity contribution in [3.63, 3.8) is 0 Å². The minimum absolute atomic E-state index is 0.297. The lowest BCUT2D eigenvalue weighted by atomic mass is 10.1. The Morgan fingerprint density at radius 1 is 0.913 bits per heavy atom. The van der Waals surface area contributed by atoms with Crippen molar-refractivity contribution in [2.24, 2.45) is 0 Å². The highest BCUT2D eigenvalue weighted by Crippen LogP contribution is 2.11. The molecule has 3 heteroatoms. The van der Waals surface area contributed by atoms with Gasteiger partial charge in [-0.2, -0.15) is 0 Å². The number of hydrogen-bond acceptors (Lipinski definition) is 2. The summed E-state index contributed by atoms with van der Waals surface area (Å²) in [4.78, 5) is 10.4. The van der Waals surface area contributed by atoms with Crippen LogP contribution in [0.25, 0.3) is 0 Å². The van der Waals surface area contributed by atoms with Crippen molar-refractivity contribution in [1.82, 2.24) is 0 Å². The van der Waals surface area contributed by atoms with Gasteiger partial charge in [0.25, 0.3) is 0 Å². The summed E-state index contributed by atoms with van der Waals surface area (Å²) in [6.07, 6.45) is 21.3. The van der Waals surface area contributed by atoms with E-state index in [0.29, 0.717) is 6.42 Å². The smallest absolute Gasteiger partial charge is 0.303 e. The molecule has 0 aromatic carbocycles. The topological polar surface area (TPSA) is 57.5 Å². The molecule has 0 amide bonds. The Labute approximate surface area is 142 Å². The Hall–Kier alpha value is -1.09. The summed E-state index contributed by atoms with van der Waals surface area (Å²) < 4.78 is 0. The van der Waals surface area contributed by atoms with E-state index in [-0.39, 0.29) is 6.10 Å². The zero-order chi connectivity index (χ0) is 17.2. The third-order valence-electron chi connectivity index (χ3n) is 3.95. The number of aliphatic hydroxyl groups is 1. The maximum Gasteiger partial charge on any atom is 0.303 e. The predicted octanol–water partition coefficient (Wildman–Crippen LogP) is 5.64. The van der Waals surface area contributed by atoms with Crippen LogP contribution in [0.15, 0.2) is 24.3 Å². The molecule has 0 spiro atoms. The van der Waals surface area contributed by atoms with Gasteiger partial charge in [-0.05, 0) is 25.7 Å². The first-order valence-electron chi connectivity index (χ1n) is 9.40. The molecule has 0 saturated carbocycles. The Kier molecular flexibility index (Phi) is 16.4. The minimum Gasteiger partial charge on any atom is -0.481 e. The fraction of sp³-hybridized carbons (Fsp3) is 0.750. The number of unbranched alkanes of at least 4 members (excludes halogenated alkanes) is 9. The van der Waals surface area contributed by atoms with Gasteiger partial charge in [0.1, 0.15) is 0 Å². The number of hydrogen-bond donors (Lipinski definition) is 2. The van der Waals surface area contributed by atoms with E-state index in [1.807, 2.05) is 18.2 Å². The molecule has 0 heterocycles. The van der Waals surface area contributed by atoms with Crippen molar-refractivity contribution in [3.05, 3.63) is 24.3 Å². The second-order valence-corrected chi connectivity index (χ2v) is 6.28. The number of carbonyl (C=O) groups is 1. The molecule has 23 heavy (non-hydrogen) atoms. The van der Waals surface area contributed by atoms with Gasteiger partial charge in [0, 0.05) is 6.42 Å². The molecule has 3 nitrogen and oxygen atoms in total. The van der Waals surface area contributed by atoms with Gasteiger partial charge in [-0.3, -0.25) is 4.79 Å². The fourth-order valence-corrected chi connectivity index (χ4v) is 2.49. The Morgan fingerprint density at radius 2 is 1.57 bits per heavy atom. The molecule has 2 N–H and O–H groups in total. The van der Waals surface area contributed by atoms with Crippen LogP contribution in [-0.4, -0.2) is 22.3 Å². The highest BCUT2D eigenvalue weighted by atomic mass is 16.4. The number of aliphatic hydroxyl groups excluding tert-OH is 1. The summed E-state index contributed by atoms with van der Waals surface area (Å²) in [5, 5.41) is 18.4. The standard InChI is InChI=1S/C20H36O3/c1-2-3-4-5-7-10-13-16-19(21)17-14-11-8-6-9-12-15-18-20(22)23/h7,10,13,16,19,21H,2-6,8-9,11-12,14-15,17-18H2,1H3,(H,22,23)/b10-7-,16-13+/t19-/m1/s1. The molecule has 0 unspecified atom stereocenters. The molecule has 1 atom stereocenters. The van der Waals surface area contributed by atoms with Crippen molar-refractivity contribution in [1.29, 1.82) is 0 Å². The van der Waals surface area contributed by atoms with Crippen LogP contribution in [0.4, 0.5) is 0 Å². The summed E-state index contributed by atoms with van der Waals surface area (Å²) in [6.45, 7) is 2.21. The van der Waals surface area contributed by atoms with Crippen molar-refractivity contribution in [2.45, 2.75) is 96.5 Å². The molecule has 134 valence electrons. The van der Waals surface area contributed by atoms with E-state index in [1.165, 1.54) is 32.1 Å². The van der Waals surface area contributed by atoms with Gasteiger partial charge in [0.05, 0.1) is 6.10 Å². The van der Waals surface area contributed by atoms with Gasteiger partial charge in [0.15, 0.2) is 0 Å². The first kappa shape index (κ1) is 21.9. The number of aliphatic carboxylic acids is 1. The van der Waals surface area contributed by atoms with Gasteiger partial charge in [-0.15, -0.1) is 0 Å². The summed E-state index contributed by atoms with van der Waals surface area (Å²) in [7, 11) is 0. The van der Waals surface area contributed by atoms with Crippen LogP contribution in [0.5, 0.6) is 0 Å². The zero-order valence-corrected chi connectivity index (χ0v) is 14.9. The van der Waals surface area contributed by atoms with E-state index in [0.717, 1.165) is 44.9 Å². The third kappa shape index (κ3) is 18.9. The Morgan fingerprint density at radius 3 is 2.22 bits per heavy atom. The van der Waals surface area contributed by atoms with Crippen molar-refractivity contribution in [2.75, 3.05) is 0 Å². The number of rotatable bonds is 16. The molecule has 0 radical (unpaired) electrons. The average Bonchev–Trinajstić information content (AvgIpc) is 2.52. The first-order valence-corrected chi connectivity index (χ1v) is 9.40. The molecule has 0 aliphatic rings. The number of carboxylic acid groups (broad SMARTS) is 1. The summed E-state index contributed by atoms with van der Waals surface area (Å²) >= 11 is 0. The molecular weight excluding hydrogens is 288 g/mol. The normalized spacial score (nSPS) is 13.1. The third-order valence-corrected chi connectivity index (χ3v) is 3.95. The van der Waals surface area contributed by atoms with Crippen LogP contribution >= 0.6 is 0 Å². The lowest BCUT2D eigenvalue weighted by molar-refractivity contribution is -0.137.